The monoisotopic (exact) mass is 293 g/mol. The highest BCUT2D eigenvalue weighted by molar-refractivity contribution is 5.46. The van der Waals surface area contributed by atoms with Crippen LogP contribution in [0.5, 0.6) is 11.5 Å². The smallest absolute Gasteiger partial charge is 0.165 e. The first-order chi connectivity index (χ1) is 10.2. The number of ether oxygens (including phenoxy) is 2. The molecule has 21 heavy (non-hydrogen) atoms. The predicted molar refractivity (Wildman–Crippen MR) is 83.9 cm³/mol. The molecule has 0 aliphatic heterocycles. The molecule has 0 unspecified atom stereocenters. The number of benzene rings is 1. The molecule has 1 aromatic carbocycles. The van der Waals surface area contributed by atoms with Crippen LogP contribution < -0.4 is 14.8 Å². The summed E-state index contributed by atoms with van der Waals surface area (Å²) >= 11 is 0. The van der Waals surface area contributed by atoms with Crippen molar-refractivity contribution in [1.29, 1.82) is 0 Å². The number of methoxy groups -OCH3 is 1. The number of hydrogen-bond donors (Lipinski definition) is 2. The molecule has 2 N–H and O–H groups in total. The van der Waals surface area contributed by atoms with E-state index in [-0.39, 0.29) is 12.1 Å². The second kappa shape index (κ2) is 7.66. The van der Waals surface area contributed by atoms with E-state index in [1.54, 1.807) is 7.11 Å². The van der Waals surface area contributed by atoms with E-state index in [0.717, 1.165) is 29.9 Å². The Morgan fingerprint density at radius 3 is 2.62 bits per heavy atom. The fourth-order valence-corrected chi connectivity index (χ4v) is 3.10. The van der Waals surface area contributed by atoms with Crippen LogP contribution in [-0.4, -0.2) is 31.0 Å². The molecule has 1 aliphatic rings. The maximum atomic E-state index is 9.77. The zero-order valence-electron chi connectivity index (χ0n) is 13.2. The Morgan fingerprint density at radius 2 is 2.00 bits per heavy atom. The highest BCUT2D eigenvalue weighted by Crippen LogP contribution is 2.33. The minimum Gasteiger partial charge on any atom is -0.493 e. The third kappa shape index (κ3) is 3.89. The quantitative estimate of drug-likeness (QED) is 0.811. The normalized spacial score (nSPS) is 17.5. The summed E-state index contributed by atoms with van der Waals surface area (Å²) in [5.41, 5.74) is 0.937. The average molecular weight is 293 g/mol. The molecule has 4 heteroatoms. The van der Waals surface area contributed by atoms with Crippen LogP contribution >= 0.6 is 0 Å². The SMILES string of the molecule is CCOc1cccc(CNC2(CO)CCCCC2)c1OC. The van der Waals surface area contributed by atoms with Gasteiger partial charge in [-0.25, -0.2) is 0 Å². The van der Waals surface area contributed by atoms with Crippen LogP contribution in [0.25, 0.3) is 0 Å². The summed E-state index contributed by atoms with van der Waals surface area (Å²) in [6, 6.07) is 5.95. The van der Waals surface area contributed by atoms with Crippen LogP contribution in [0.3, 0.4) is 0 Å². The summed E-state index contributed by atoms with van der Waals surface area (Å²) in [7, 11) is 1.67. The lowest BCUT2D eigenvalue weighted by molar-refractivity contribution is 0.119. The molecule has 0 aromatic heterocycles. The minimum atomic E-state index is -0.134. The topological polar surface area (TPSA) is 50.7 Å². The van der Waals surface area contributed by atoms with Crippen molar-refractivity contribution >= 4 is 0 Å². The van der Waals surface area contributed by atoms with Crippen LogP contribution in [-0.2, 0) is 6.54 Å². The number of para-hydroxylation sites is 1. The van der Waals surface area contributed by atoms with Gasteiger partial charge in [0.05, 0.1) is 20.3 Å². The van der Waals surface area contributed by atoms with Gasteiger partial charge in [-0.1, -0.05) is 31.4 Å². The van der Waals surface area contributed by atoms with Gasteiger partial charge in [0, 0.05) is 17.6 Å². The molecule has 1 saturated carbocycles. The van der Waals surface area contributed by atoms with Gasteiger partial charge in [0.1, 0.15) is 0 Å². The average Bonchev–Trinajstić information content (AvgIpc) is 2.54. The number of aliphatic hydroxyl groups is 1. The molecule has 0 saturated heterocycles. The summed E-state index contributed by atoms with van der Waals surface area (Å²) in [4.78, 5) is 0. The Morgan fingerprint density at radius 1 is 1.24 bits per heavy atom. The van der Waals surface area contributed by atoms with Gasteiger partial charge >= 0.3 is 0 Å². The Hall–Kier alpha value is -1.26. The molecule has 0 heterocycles. The third-order valence-electron chi connectivity index (χ3n) is 4.33. The molecule has 4 nitrogen and oxygen atoms in total. The van der Waals surface area contributed by atoms with Gasteiger partial charge in [0.2, 0.25) is 0 Å². The largest absolute Gasteiger partial charge is 0.493 e. The molecule has 1 aliphatic carbocycles. The summed E-state index contributed by atoms with van der Waals surface area (Å²) in [6.07, 6.45) is 5.72. The van der Waals surface area contributed by atoms with Crippen molar-refractivity contribution in [1.82, 2.24) is 5.32 Å². The Kier molecular flexibility index (Phi) is 5.88. The molecular formula is C17H27NO3. The van der Waals surface area contributed by atoms with E-state index in [1.165, 1.54) is 19.3 Å². The van der Waals surface area contributed by atoms with Crippen molar-refractivity contribution < 1.29 is 14.6 Å². The van der Waals surface area contributed by atoms with Crippen LogP contribution in [0, 0.1) is 0 Å². The van der Waals surface area contributed by atoms with E-state index in [4.69, 9.17) is 9.47 Å². The maximum absolute atomic E-state index is 9.77. The maximum Gasteiger partial charge on any atom is 0.165 e. The molecule has 0 bridgehead atoms. The Balaban J connectivity index is 2.09. The van der Waals surface area contributed by atoms with E-state index >= 15 is 0 Å². The van der Waals surface area contributed by atoms with Gasteiger partial charge in [-0.15, -0.1) is 0 Å². The molecular weight excluding hydrogens is 266 g/mol. The van der Waals surface area contributed by atoms with Gasteiger partial charge in [-0.05, 0) is 25.8 Å². The Bertz CT molecular complexity index is 442. The van der Waals surface area contributed by atoms with E-state index in [9.17, 15) is 5.11 Å². The van der Waals surface area contributed by atoms with Crippen molar-refractivity contribution in [2.24, 2.45) is 0 Å². The standard InChI is InChI=1S/C17H27NO3/c1-3-21-15-9-7-8-14(16(15)20-2)12-18-17(13-19)10-5-4-6-11-17/h7-9,18-19H,3-6,10-13H2,1-2H3. The molecule has 2 rings (SSSR count). The molecule has 1 fully saturated rings. The molecule has 0 radical (unpaired) electrons. The fraction of sp³-hybridized carbons (Fsp3) is 0.647. The van der Waals surface area contributed by atoms with Crippen LogP contribution in [0.1, 0.15) is 44.6 Å². The van der Waals surface area contributed by atoms with Crippen LogP contribution in [0.15, 0.2) is 18.2 Å². The zero-order valence-corrected chi connectivity index (χ0v) is 13.2. The number of rotatable bonds is 7. The first-order valence-electron chi connectivity index (χ1n) is 7.89. The number of hydrogen-bond acceptors (Lipinski definition) is 4. The molecule has 0 atom stereocenters. The highest BCUT2D eigenvalue weighted by Gasteiger charge is 2.30. The van der Waals surface area contributed by atoms with Crippen molar-refractivity contribution in [2.45, 2.75) is 51.1 Å². The minimum absolute atomic E-state index is 0.134. The summed E-state index contributed by atoms with van der Waals surface area (Å²) in [5.74, 6) is 1.57. The van der Waals surface area contributed by atoms with Crippen LogP contribution in [0.4, 0.5) is 0 Å². The van der Waals surface area contributed by atoms with E-state index < -0.39 is 0 Å². The van der Waals surface area contributed by atoms with Gasteiger partial charge < -0.3 is 19.9 Å². The van der Waals surface area contributed by atoms with E-state index in [0.29, 0.717) is 13.2 Å². The molecule has 1 aromatic rings. The number of nitrogens with one attached hydrogen (secondary N) is 1. The molecule has 0 spiro atoms. The van der Waals surface area contributed by atoms with E-state index in [2.05, 4.69) is 5.32 Å². The third-order valence-corrected chi connectivity index (χ3v) is 4.33. The lowest BCUT2D eigenvalue weighted by atomic mass is 9.82. The Labute approximate surface area is 127 Å². The first kappa shape index (κ1) is 16.1. The van der Waals surface area contributed by atoms with Crippen molar-refractivity contribution in [3.63, 3.8) is 0 Å². The first-order valence-corrected chi connectivity index (χ1v) is 7.89. The predicted octanol–water partition coefficient (Wildman–Crippen LogP) is 2.88. The lowest BCUT2D eigenvalue weighted by Crippen LogP contribution is -2.49. The molecule has 0 amide bonds. The second-order valence-electron chi connectivity index (χ2n) is 5.73. The van der Waals surface area contributed by atoms with Gasteiger partial charge in [0.25, 0.3) is 0 Å². The summed E-state index contributed by atoms with van der Waals surface area (Å²) in [6.45, 7) is 3.46. The highest BCUT2D eigenvalue weighted by atomic mass is 16.5. The van der Waals surface area contributed by atoms with Crippen molar-refractivity contribution in [2.75, 3.05) is 20.3 Å². The lowest BCUT2D eigenvalue weighted by Gasteiger charge is -2.37. The van der Waals surface area contributed by atoms with Crippen molar-refractivity contribution in [3.8, 4) is 11.5 Å². The summed E-state index contributed by atoms with van der Waals surface area (Å²) in [5, 5.41) is 13.3. The van der Waals surface area contributed by atoms with Gasteiger partial charge in [0.15, 0.2) is 11.5 Å². The van der Waals surface area contributed by atoms with Crippen molar-refractivity contribution in [3.05, 3.63) is 23.8 Å². The fourth-order valence-electron chi connectivity index (χ4n) is 3.10. The second-order valence-corrected chi connectivity index (χ2v) is 5.73. The van der Waals surface area contributed by atoms with Gasteiger partial charge in [-0.2, -0.15) is 0 Å². The van der Waals surface area contributed by atoms with Crippen LogP contribution in [0.2, 0.25) is 0 Å². The van der Waals surface area contributed by atoms with E-state index in [1.807, 2.05) is 25.1 Å². The zero-order chi connectivity index (χ0) is 15.1. The van der Waals surface area contributed by atoms with Gasteiger partial charge in [-0.3, -0.25) is 0 Å². The number of aliphatic hydroxyl groups excluding tert-OH is 1. The summed E-state index contributed by atoms with van der Waals surface area (Å²) < 4.78 is 11.1. The molecule has 118 valence electrons.